The van der Waals surface area contributed by atoms with Gasteiger partial charge in [0.05, 0.1) is 7.11 Å². The van der Waals surface area contributed by atoms with Crippen LogP contribution in [-0.2, 0) is 0 Å². The summed E-state index contributed by atoms with van der Waals surface area (Å²) in [5.41, 5.74) is 2.50. The van der Waals surface area contributed by atoms with E-state index in [9.17, 15) is 4.79 Å². The summed E-state index contributed by atoms with van der Waals surface area (Å²) in [5.74, 6) is 1.74. The second-order valence-corrected chi connectivity index (χ2v) is 7.29. The molecule has 2 heterocycles. The fourth-order valence-electron chi connectivity index (χ4n) is 3.58. The number of likely N-dealkylation sites (tertiary alicyclic amines) is 1. The van der Waals surface area contributed by atoms with E-state index < -0.39 is 0 Å². The molecule has 1 aliphatic heterocycles. The van der Waals surface area contributed by atoms with Crippen molar-refractivity contribution in [3.63, 3.8) is 0 Å². The first-order chi connectivity index (χ1) is 14.1. The standard InChI is InChI=1S/C22H24N4O3/c1-25(2)17-7-4-6-16(14-17)22(27)26-13-5-8-19(26)21-23-20(24-29-21)15-9-11-18(28-3)12-10-15/h4,6-7,9-12,14,19H,5,8,13H2,1-3H3/t19-/m0/s1. The summed E-state index contributed by atoms with van der Waals surface area (Å²) in [6, 6.07) is 14.9. The Hall–Kier alpha value is -3.35. The lowest BCUT2D eigenvalue weighted by Gasteiger charge is -2.22. The zero-order valence-electron chi connectivity index (χ0n) is 16.8. The van der Waals surface area contributed by atoms with E-state index in [2.05, 4.69) is 10.1 Å². The van der Waals surface area contributed by atoms with Crippen molar-refractivity contribution in [2.75, 3.05) is 32.6 Å². The van der Waals surface area contributed by atoms with Crippen molar-refractivity contribution in [3.05, 3.63) is 60.0 Å². The van der Waals surface area contributed by atoms with Crippen LogP contribution in [0.1, 0.15) is 35.1 Å². The van der Waals surface area contributed by atoms with Crippen molar-refractivity contribution in [2.24, 2.45) is 0 Å². The highest BCUT2D eigenvalue weighted by atomic mass is 16.5. The first-order valence-electron chi connectivity index (χ1n) is 9.63. The molecule has 1 atom stereocenters. The van der Waals surface area contributed by atoms with Crippen LogP contribution in [0.3, 0.4) is 0 Å². The summed E-state index contributed by atoms with van der Waals surface area (Å²) in [5, 5.41) is 4.12. The number of hydrogen-bond donors (Lipinski definition) is 0. The van der Waals surface area contributed by atoms with Crippen LogP contribution in [0.15, 0.2) is 53.1 Å². The first kappa shape index (κ1) is 19.0. The van der Waals surface area contributed by atoms with Crippen LogP contribution < -0.4 is 9.64 Å². The van der Waals surface area contributed by atoms with Crippen LogP contribution in [0, 0.1) is 0 Å². The van der Waals surface area contributed by atoms with Crippen LogP contribution in [-0.4, -0.2) is 48.7 Å². The quantitative estimate of drug-likeness (QED) is 0.658. The summed E-state index contributed by atoms with van der Waals surface area (Å²) in [6.07, 6.45) is 1.72. The predicted octanol–water partition coefficient (Wildman–Crippen LogP) is 3.79. The largest absolute Gasteiger partial charge is 0.497 e. The Balaban J connectivity index is 1.56. The number of carbonyl (C=O) groups is 1. The highest BCUT2D eigenvalue weighted by Crippen LogP contribution is 2.33. The van der Waals surface area contributed by atoms with Gasteiger partial charge in [-0.15, -0.1) is 0 Å². The van der Waals surface area contributed by atoms with Crippen LogP contribution in [0.25, 0.3) is 11.4 Å². The summed E-state index contributed by atoms with van der Waals surface area (Å²) < 4.78 is 10.7. The number of aromatic nitrogens is 2. The average molecular weight is 392 g/mol. The minimum absolute atomic E-state index is 0.0135. The number of ether oxygens (including phenoxy) is 1. The average Bonchev–Trinajstić information content (AvgIpc) is 3.43. The number of hydrogen-bond acceptors (Lipinski definition) is 6. The number of anilines is 1. The molecule has 29 heavy (non-hydrogen) atoms. The van der Waals surface area contributed by atoms with Crippen molar-refractivity contribution in [2.45, 2.75) is 18.9 Å². The van der Waals surface area contributed by atoms with Gasteiger partial charge < -0.3 is 19.1 Å². The molecule has 150 valence electrons. The summed E-state index contributed by atoms with van der Waals surface area (Å²) in [6.45, 7) is 0.677. The molecule has 0 radical (unpaired) electrons. The maximum atomic E-state index is 13.2. The Kier molecular flexibility index (Phi) is 5.20. The molecule has 2 aromatic carbocycles. The molecule has 0 saturated carbocycles. The molecule has 1 fully saturated rings. The Labute approximate surface area is 169 Å². The highest BCUT2D eigenvalue weighted by Gasteiger charge is 2.34. The van der Waals surface area contributed by atoms with Crippen LogP contribution >= 0.6 is 0 Å². The number of methoxy groups -OCH3 is 1. The molecule has 0 N–H and O–H groups in total. The molecule has 1 aliphatic rings. The SMILES string of the molecule is COc1ccc(-c2noc([C@@H]3CCCN3C(=O)c3cccc(N(C)C)c3)n2)cc1. The van der Waals surface area contributed by atoms with E-state index >= 15 is 0 Å². The van der Waals surface area contributed by atoms with E-state index in [1.54, 1.807) is 7.11 Å². The molecule has 4 rings (SSSR count). The molecule has 1 saturated heterocycles. The molecule has 3 aromatic rings. The van der Waals surface area contributed by atoms with Gasteiger partial charge in [0.15, 0.2) is 0 Å². The molecular formula is C22H24N4O3. The molecule has 0 bridgehead atoms. The molecule has 7 heteroatoms. The number of amides is 1. The van der Waals surface area contributed by atoms with Gasteiger partial charge in [-0.25, -0.2) is 0 Å². The van der Waals surface area contributed by atoms with Crippen molar-refractivity contribution >= 4 is 11.6 Å². The monoisotopic (exact) mass is 392 g/mol. The molecular weight excluding hydrogens is 368 g/mol. The van der Waals surface area contributed by atoms with E-state index in [1.165, 1.54) is 0 Å². The van der Waals surface area contributed by atoms with E-state index in [4.69, 9.17) is 9.26 Å². The zero-order valence-corrected chi connectivity index (χ0v) is 16.8. The highest BCUT2D eigenvalue weighted by molar-refractivity contribution is 5.95. The Bertz CT molecular complexity index is 997. The van der Waals surface area contributed by atoms with Crippen LogP contribution in [0.4, 0.5) is 5.69 Å². The lowest BCUT2D eigenvalue weighted by atomic mass is 10.1. The molecule has 0 aliphatic carbocycles. The van der Waals surface area contributed by atoms with Gasteiger partial charge in [0.2, 0.25) is 11.7 Å². The molecule has 0 spiro atoms. The summed E-state index contributed by atoms with van der Waals surface area (Å²) in [7, 11) is 5.55. The zero-order chi connectivity index (χ0) is 20.4. The van der Waals surface area contributed by atoms with Gasteiger partial charge in [-0.2, -0.15) is 4.98 Å². The number of benzene rings is 2. The Morgan fingerprint density at radius 2 is 2.00 bits per heavy atom. The second-order valence-electron chi connectivity index (χ2n) is 7.29. The van der Waals surface area contributed by atoms with E-state index in [0.717, 1.165) is 29.8 Å². The smallest absolute Gasteiger partial charge is 0.254 e. The van der Waals surface area contributed by atoms with Gasteiger partial charge in [-0.05, 0) is 55.3 Å². The lowest BCUT2D eigenvalue weighted by molar-refractivity contribution is 0.0710. The van der Waals surface area contributed by atoms with Crippen LogP contribution in [0.5, 0.6) is 5.75 Å². The third kappa shape index (κ3) is 3.81. The maximum absolute atomic E-state index is 13.2. The third-order valence-corrected chi connectivity index (χ3v) is 5.20. The van der Waals surface area contributed by atoms with Crippen molar-refractivity contribution in [1.82, 2.24) is 15.0 Å². The second kappa shape index (κ2) is 7.95. The van der Waals surface area contributed by atoms with Crippen molar-refractivity contribution in [1.29, 1.82) is 0 Å². The van der Waals surface area contributed by atoms with Gasteiger partial charge in [0, 0.05) is 37.5 Å². The van der Waals surface area contributed by atoms with Gasteiger partial charge >= 0.3 is 0 Å². The first-order valence-corrected chi connectivity index (χ1v) is 9.63. The summed E-state index contributed by atoms with van der Waals surface area (Å²) in [4.78, 5) is 21.5. The number of carbonyl (C=O) groups excluding carboxylic acids is 1. The van der Waals surface area contributed by atoms with Crippen molar-refractivity contribution in [3.8, 4) is 17.1 Å². The normalized spacial score (nSPS) is 16.1. The molecule has 1 aromatic heterocycles. The van der Waals surface area contributed by atoms with E-state index in [-0.39, 0.29) is 11.9 Å². The van der Waals surface area contributed by atoms with Gasteiger partial charge in [0.25, 0.3) is 5.91 Å². The van der Waals surface area contributed by atoms with Gasteiger partial charge in [0.1, 0.15) is 11.8 Å². The topological polar surface area (TPSA) is 71.7 Å². The molecule has 7 nitrogen and oxygen atoms in total. The predicted molar refractivity (Wildman–Crippen MR) is 110 cm³/mol. The van der Waals surface area contributed by atoms with E-state index in [0.29, 0.717) is 23.8 Å². The van der Waals surface area contributed by atoms with Gasteiger partial charge in [-0.3, -0.25) is 4.79 Å². The van der Waals surface area contributed by atoms with Crippen molar-refractivity contribution < 1.29 is 14.1 Å². The fourth-order valence-corrected chi connectivity index (χ4v) is 3.58. The summed E-state index contributed by atoms with van der Waals surface area (Å²) >= 11 is 0. The molecule has 1 amide bonds. The van der Waals surface area contributed by atoms with Gasteiger partial charge in [-0.1, -0.05) is 11.2 Å². The maximum Gasteiger partial charge on any atom is 0.254 e. The van der Waals surface area contributed by atoms with E-state index in [1.807, 2.05) is 72.4 Å². The Morgan fingerprint density at radius 1 is 1.21 bits per heavy atom. The number of rotatable bonds is 5. The minimum atomic E-state index is -0.204. The third-order valence-electron chi connectivity index (χ3n) is 5.20. The fraction of sp³-hybridized carbons (Fsp3) is 0.318. The van der Waals surface area contributed by atoms with Crippen LogP contribution in [0.2, 0.25) is 0 Å². The lowest BCUT2D eigenvalue weighted by Crippen LogP contribution is -2.30. The Morgan fingerprint density at radius 3 is 2.72 bits per heavy atom. The number of nitrogens with zero attached hydrogens (tertiary/aromatic N) is 4. The molecule has 0 unspecified atom stereocenters. The minimum Gasteiger partial charge on any atom is -0.497 e.